The lowest BCUT2D eigenvalue weighted by atomic mass is 10.0. The number of hydrogen-bond donors (Lipinski definition) is 1. The van der Waals surface area contributed by atoms with Crippen LogP contribution in [-0.2, 0) is 15.9 Å². The Labute approximate surface area is 153 Å². The largest absolute Gasteiger partial charge is 0.487 e. The summed E-state index contributed by atoms with van der Waals surface area (Å²) in [4.78, 5) is 22.7. The maximum Gasteiger partial charge on any atom is 0.407 e. The van der Waals surface area contributed by atoms with Gasteiger partial charge in [-0.2, -0.15) is 0 Å². The molecule has 1 aromatic rings. The summed E-state index contributed by atoms with van der Waals surface area (Å²) in [5.74, 6) is 0.238. The van der Waals surface area contributed by atoms with E-state index in [2.05, 4.69) is 5.32 Å². The van der Waals surface area contributed by atoms with Crippen LogP contribution in [0.2, 0.25) is 0 Å². The first-order valence-corrected chi connectivity index (χ1v) is 8.71. The van der Waals surface area contributed by atoms with Crippen LogP contribution < -0.4 is 10.1 Å². The van der Waals surface area contributed by atoms with Gasteiger partial charge in [-0.15, -0.1) is 0 Å². The number of benzene rings is 1. The molecule has 1 heterocycles. The van der Waals surface area contributed by atoms with Crippen molar-refractivity contribution in [1.29, 1.82) is 0 Å². The maximum absolute atomic E-state index is 12.0. The van der Waals surface area contributed by atoms with Gasteiger partial charge in [0.1, 0.15) is 11.7 Å². The van der Waals surface area contributed by atoms with E-state index in [1.165, 1.54) is 6.07 Å². The summed E-state index contributed by atoms with van der Waals surface area (Å²) in [6.07, 6.45) is 0.616. The van der Waals surface area contributed by atoms with Crippen LogP contribution in [0.1, 0.15) is 39.7 Å². The monoisotopic (exact) mass is 366 g/mol. The molecule has 1 aliphatic heterocycles. The lowest BCUT2D eigenvalue weighted by molar-refractivity contribution is -0.385. The molecule has 0 radical (unpaired) electrons. The summed E-state index contributed by atoms with van der Waals surface area (Å²) in [5.41, 5.74) is 0.160. The van der Waals surface area contributed by atoms with Crippen LogP contribution in [0, 0.1) is 10.1 Å². The lowest BCUT2D eigenvalue weighted by Gasteiger charge is -2.23. The number of rotatable bonds is 8. The predicted octanol–water partition coefficient (Wildman–Crippen LogP) is 3.22. The van der Waals surface area contributed by atoms with Crippen molar-refractivity contribution in [2.24, 2.45) is 0 Å². The van der Waals surface area contributed by atoms with Gasteiger partial charge in [-0.1, -0.05) is 13.0 Å². The predicted molar refractivity (Wildman–Crippen MR) is 95.5 cm³/mol. The molecule has 2 rings (SSSR count). The van der Waals surface area contributed by atoms with Crippen molar-refractivity contribution in [2.45, 2.75) is 58.3 Å². The fraction of sp³-hybridized carbons (Fsp3) is 0.611. The summed E-state index contributed by atoms with van der Waals surface area (Å²) in [6.45, 7) is 8.28. The average Bonchev–Trinajstić information content (AvgIpc) is 3.35. The van der Waals surface area contributed by atoms with Gasteiger partial charge in [-0.3, -0.25) is 10.1 Å². The highest BCUT2D eigenvalue weighted by Crippen LogP contribution is 2.29. The zero-order valence-corrected chi connectivity index (χ0v) is 15.6. The normalized spacial score (nSPS) is 17.3. The van der Waals surface area contributed by atoms with Crippen LogP contribution in [-0.4, -0.2) is 42.0 Å². The van der Waals surface area contributed by atoms with Gasteiger partial charge in [0, 0.05) is 6.07 Å². The molecule has 0 aliphatic carbocycles. The molecule has 26 heavy (non-hydrogen) atoms. The fourth-order valence-electron chi connectivity index (χ4n) is 2.44. The third-order valence-electron chi connectivity index (χ3n) is 3.65. The van der Waals surface area contributed by atoms with Gasteiger partial charge in [-0.25, -0.2) is 4.79 Å². The SMILES string of the molecule is CCCOc1cc(C[C@H](NC(=O)OC(C)(C)C)[C@H]2CO2)ccc1[N+](=O)[O-]. The van der Waals surface area contributed by atoms with Gasteiger partial charge in [0.15, 0.2) is 5.75 Å². The van der Waals surface area contributed by atoms with E-state index in [4.69, 9.17) is 14.2 Å². The Morgan fingerprint density at radius 3 is 2.69 bits per heavy atom. The number of nitro groups is 1. The molecule has 8 heteroatoms. The Bertz CT molecular complexity index is 652. The molecule has 0 bridgehead atoms. The summed E-state index contributed by atoms with van der Waals surface area (Å²) in [6, 6.07) is 4.48. The average molecular weight is 366 g/mol. The van der Waals surface area contributed by atoms with Crippen LogP contribution in [0.3, 0.4) is 0 Å². The lowest BCUT2D eigenvalue weighted by Crippen LogP contribution is -2.43. The molecule has 2 atom stereocenters. The van der Waals surface area contributed by atoms with E-state index >= 15 is 0 Å². The molecule has 0 unspecified atom stereocenters. The number of ether oxygens (including phenoxy) is 3. The molecule has 1 saturated heterocycles. The molecule has 1 amide bonds. The number of nitrogens with zero attached hydrogens (tertiary/aromatic N) is 1. The minimum atomic E-state index is -0.590. The highest BCUT2D eigenvalue weighted by Gasteiger charge is 2.35. The topological polar surface area (TPSA) is 103 Å². The van der Waals surface area contributed by atoms with Gasteiger partial charge < -0.3 is 19.5 Å². The third kappa shape index (κ3) is 6.18. The van der Waals surface area contributed by atoms with Gasteiger partial charge in [0.05, 0.1) is 24.2 Å². The van der Waals surface area contributed by atoms with Crippen molar-refractivity contribution < 1.29 is 23.9 Å². The first-order chi connectivity index (χ1) is 12.2. The molecular formula is C18H26N2O6. The number of epoxide rings is 1. The van der Waals surface area contributed by atoms with E-state index in [0.29, 0.717) is 19.6 Å². The zero-order chi connectivity index (χ0) is 19.3. The highest BCUT2D eigenvalue weighted by molar-refractivity contribution is 5.68. The summed E-state index contributed by atoms with van der Waals surface area (Å²) in [5, 5.41) is 14.0. The second-order valence-corrected chi connectivity index (χ2v) is 7.24. The first-order valence-electron chi connectivity index (χ1n) is 8.71. The van der Waals surface area contributed by atoms with Crippen LogP contribution in [0.4, 0.5) is 10.5 Å². The maximum atomic E-state index is 12.0. The van der Waals surface area contributed by atoms with Crippen molar-refractivity contribution >= 4 is 11.8 Å². The molecule has 1 fully saturated rings. The molecule has 1 N–H and O–H groups in total. The fourth-order valence-corrected chi connectivity index (χ4v) is 2.44. The minimum absolute atomic E-state index is 0.0680. The molecule has 0 spiro atoms. The summed E-state index contributed by atoms with van der Waals surface area (Å²) in [7, 11) is 0. The van der Waals surface area contributed by atoms with E-state index < -0.39 is 16.6 Å². The van der Waals surface area contributed by atoms with Gasteiger partial charge in [0.25, 0.3) is 0 Å². The molecule has 8 nitrogen and oxygen atoms in total. The van der Waals surface area contributed by atoms with Crippen LogP contribution in [0.15, 0.2) is 18.2 Å². The smallest absolute Gasteiger partial charge is 0.407 e. The van der Waals surface area contributed by atoms with Crippen LogP contribution in [0.5, 0.6) is 5.75 Å². The quantitative estimate of drug-likeness (QED) is 0.430. The molecule has 1 aromatic carbocycles. The number of alkyl carbamates (subject to hydrolysis) is 1. The number of carbonyl (C=O) groups is 1. The summed E-state index contributed by atoms with van der Waals surface area (Å²) < 4.78 is 16.1. The van der Waals surface area contributed by atoms with Gasteiger partial charge in [0.2, 0.25) is 0 Å². The van der Waals surface area contributed by atoms with Crippen molar-refractivity contribution in [1.82, 2.24) is 5.32 Å². The van der Waals surface area contributed by atoms with E-state index in [9.17, 15) is 14.9 Å². The van der Waals surface area contributed by atoms with E-state index in [1.807, 2.05) is 6.92 Å². The van der Waals surface area contributed by atoms with Crippen molar-refractivity contribution in [3.63, 3.8) is 0 Å². The highest BCUT2D eigenvalue weighted by atomic mass is 16.6. The molecule has 0 saturated carbocycles. The molecule has 0 aromatic heterocycles. The second-order valence-electron chi connectivity index (χ2n) is 7.24. The van der Waals surface area contributed by atoms with E-state index in [1.54, 1.807) is 32.9 Å². The number of nitrogens with one attached hydrogen (secondary N) is 1. The van der Waals surface area contributed by atoms with Crippen molar-refractivity contribution in [3.05, 3.63) is 33.9 Å². The summed E-state index contributed by atoms with van der Waals surface area (Å²) >= 11 is 0. The first kappa shape index (κ1) is 20.0. The Morgan fingerprint density at radius 2 is 2.15 bits per heavy atom. The van der Waals surface area contributed by atoms with Gasteiger partial charge in [-0.05, 0) is 45.2 Å². The van der Waals surface area contributed by atoms with Crippen LogP contribution >= 0.6 is 0 Å². The number of nitro benzene ring substituents is 1. The van der Waals surface area contributed by atoms with E-state index in [-0.39, 0.29) is 23.6 Å². The Balaban J connectivity index is 2.10. The zero-order valence-electron chi connectivity index (χ0n) is 15.6. The van der Waals surface area contributed by atoms with Crippen LogP contribution in [0.25, 0.3) is 0 Å². The molecular weight excluding hydrogens is 340 g/mol. The minimum Gasteiger partial charge on any atom is -0.487 e. The van der Waals surface area contributed by atoms with Crippen molar-refractivity contribution in [3.8, 4) is 5.75 Å². The number of carbonyl (C=O) groups excluding carboxylic acids is 1. The van der Waals surface area contributed by atoms with Crippen molar-refractivity contribution in [2.75, 3.05) is 13.2 Å². The number of amides is 1. The third-order valence-corrected chi connectivity index (χ3v) is 3.65. The molecule has 1 aliphatic rings. The standard InChI is InChI=1S/C18H26N2O6/c1-5-8-24-15-10-12(6-7-14(15)20(22)23)9-13(16-11-25-16)19-17(21)26-18(2,3)4/h6-7,10,13,16H,5,8-9,11H2,1-4H3,(H,19,21)/t13-,16+/m0/s1. The second kappa shape index (κ2) is 8.35. The Hall–Kier alpha value is -2.35. The Morgan fingerprint density at radius 1 is 1.46 bits per heavy atom. The molecule has 144 valence electrons. The van der Waals surface area contributed by atoms with Gasteiger partial charge >= 0.3 is 11.8 Å². The Kier molecular flexibility index (Phi) is 6.42. The van der Waals surface area contributed by atoms with E-state index in [0.717, 1.165) is 12.0 Å². The number of hydrogen-bond acceptors (Lipinski definition) is 6.